The number of hydrogen-bond acceptors (Lipinski definition) is 5. The summed E-state index contributed by atoms with van der Waals surface area (Å²) in [6.07, 6.45) is 3.32. The van der Waals surface area contributed by atoms with Crippen LogP contribution in [0.15, 0.2) is 5.38 Å². The van der Waals surface area contributed by atoms with Crippen molar-refractivity contribution in [2.75, 3.05) is 26.2 Å². The van der Waals surface area contributed by atoms with Crippen molar-refractivity contribution in [3.05, 3.63) is 16.1 Å². The van der Waals surface area contributed by atoms with Gasteiger partial charge in [-0.3, -0.25) is 14.6 Å². The van der Waals surface area contributed by atoms with Gasteiger partial charge in [0.2, 0.25) is 5.91 Å². The average Bonchev–Trinajstić information content (AvgIpc) is 3.23. The minimum atomic E-state index is -0.00582. The number of carbonyl (C=O) groups is 1. The summed E-state index contributed by atoms with van der Waals surface area (Å²) in [5, 5.41) is 6.51. The molecule has 0 radical (unpaired) electrons. The van der Waals surface area contributed by atoms with E-state index in [2.05, 4.69) is 32.4 Å². The number of nitrogens with zero attached hydrogens (tertiary/aromatic N) is 3. The number of thiazole rings is 1. The van der Waals surface area contributed by atoms with Crippen molar-refractivity contribution < 1.29 is 4.79 Å². The van der Waals surface area contributed by atoms with Crippen molar-refractivity contribution in [1.29, 1.82) is 0 Å². The number of amides is 1. The first-order chi connectivity index (χ1) is 10.7. The second-order valence-corrected chi connectivity index (χ2v) is 7.30. The van der Waals surface area contributed by atoms with Crippen molar-refractivity contribution in [3.8, 4) is 0 Å². The zero-order valence-corrected chi connectivity index (χ0v) is 14.4. The fourth-order valence-electron chi connectivity index (χ4n) is 2.84. The molecule has 0 bridgehead atoms. The Kier molecular flexibility index (Phi) is 5.10. The Morgan fingerprint density at radius 3 is 2.73 bits per heavy atom. The molecule has 1 aromatic heterocycles. The molecule has 1 amide bonds. The molecule has 5 nitrogen and oxygen atoms in total. The van der Waals surface area contributed by atoms with Crippen molar-refractivity contribution in [3.63, 3.8) is 0 Å². The minimum absolute atomic E-state index is 0.00582. The van der Waals surface area contributed by atoms with Crippen LogP contribution in [-0.2, 0) is 17.8 Å². The normalized spacial score (nSPS) is 21.7. The van der Waals surface area contributed by atoms with Crippen molar-refractivity contribution in [2.45, 2.75) is 51.7 Å². The molecule has 1 unspecified atom stereocenters. The maximum Gasteiger partial charge on any atom is 0.237 e. The van der Waals surface area contributed by atoms with Gasteiger partial charge in [0.25, 0.3) is 0 Å². The Morgan fingerprint density at radius 1 is 1.41 bits per heavy atom. The molecule has 0 aromatic carbocycles. The van der Waals surface area contributed by atoms with E-state index in [4.69, 9.17) is 0 Å². The van der Waals surface area contributed by atoms with Gasteiger partial charge in [0.1, 0.15) is 0 Å². The van der Waals surface area contributed by atoms with Gasteiger partial charge in [0.15, 0.2) is 0 Å². The second kappa shape index (κ2) is 7.06. The zero-order chi connectivity index (χ0) is 15.5. The first kappa shape index (κ1) is 15.9. The van der Waals surface area contributed by atoms with Crippen molar-refractivity contribution in [1.82, 2.24) is 20.1 Å². The quantitative estimate of drug-likeness (QED) is 0.862. The number of nitrogens with one attached hydrogen (secondary N) is 1. The maximum absolute atomic E-state index is 12.1. The zero-order valence-electron chi connectivity index (χ0n) is 13.5. The van der Waals surface area contributed by atoms with E-state index in [0.29, 0.717) is 6.04 Å². The smallest absolute Gasteiger partial charge is 0.237 e. The van der Waals surface area contributed by atoms with E-state index >= 15 is 0 Å². The summed E-state index contributed by atoms with van der Waals surface area (Å²) in [7, 11) is 0. The lowest BCUT2D eigenvalue weighted by Crippen LogP contribution is -2.53. The molecule has 1 atom stereocenters. The summed E-state index contributed by atoms with van der Waals surface area (Å²) in [4.78, 5) is 21.5. The molecule has 2 fully saturated rings. The Morgan fingerprint density at radius 2 is 2.14 bits per heavy atom. The van der Waals surface area contributed by atoms with E-state index in [0.717, 1.165) is 52.0 Å². The fourth-order valence-corrected chi connectivity index (χ4v) is 3.57. The van der Waals surface area contributed by atoms with Crippen LogP contribution < -0.4 is 5.32 Å². The van der Waals surface area contributed by atoms with Gasteiger partial charge in [-0.05, 0) is 26.2 Å². The van der Waals surface area contributed by atoms with E-state index in [9.17, 15) is 4.79 Å². The van der Waals surface area contributed by atoms with Crippen LogP contribution >= 0.6 is 11.3 Å². The van der Waals surface area contributed by atoms with Gasteiger partial charge in [0.05, 0.1) is 16.7 Å². The lowest BCUT2D eigenvalue weighted by molar-refractivity contribution is -0.126. The molecule has 1 N–H and O–H groups in total. The molecule has 1 aliphatic carbocycles. The van der Waals surface area contributed by atoms with E-state index in [-0.39, 0.29) is 11.9 Å². The number of aryl methyl sites for hydroxylation is 1. The highest BCUT2D eigenvalue weighted by molar-refractivity contribution is 7.09. The highest BCUT2D eigenvalue weighted by Crippen LogP contribution is 2.19. The fraction of sp³-hybridized carbons (Fsp3) is 0.750. The predicted molar refractivity (Wildman–Crippen MR) is 89.0 cm³/mol. The van der Waals surface area contributed by atoms with Gasteiger partial charge in [-0.1, -0.05) is 6.92 Å². The minimum Gasteiger partial charge on any atom is -0.352 e. The Balaban J connectivity index is 1.44. The van der Waals surface area contributed by atoms with Gasteiger partial charge in [-0.25, -0.2) is 4.98 Å². The molecule has 1 aliphatic heterocycles. The number of aromatic nitrogens is 1. The van der Waals surface area contributed by atoms with E-state index < -0.39 is 0 Å². The lowest BCUT2D eigenvalue weighted by Gasteiger charge is -2.37. The molecular formula is C16H26N4OS. The summed E-state index contributed by atoms with van der Waals surface area (Å²) in [6, 6.07) is 0.447. The molecular weight excluding hydrogens is 296 g/mol. The molecule has 2 heterocycles. The van der Waals surface area contributed by atoms with E-state index in [1.54, 1.807) is 11.3 Å². The molecule has 6 heteroatoms. The third kappa shape index (κ3) is 4.06. The molecule has 122 valence electrons. The first-order valence-corrected chi connectivity index (χ1v) is 9.23. The number of carbonyl (C=O) groups excluding carboxylic acids is 1. The molecule has 1 saturated carbocycles. The number of piperazine rings is 1. The highest BCUT2D eigenvalue weighted by atomic mass is 32.1. The Labute approximate surface area is 136 Å². The summed E-state index contributed by atoms with van der Waals surface area (Å²) in [6.45, 7) is 9.07. The van der Waals surface area contributed by atoms with Crippen LogP contribution in [0.3, 0.4) is 0 Å². The monoisotopic (exact) mass is 322 g/mol. The molecule has 3 rings (SSSR count). The van der Waals surface area contributed by atoms with Gasteiger partial charge >= 0.3 is 0 Å². The number of rotatable bonds is 6. The Hall–Kier alpha value is -0.980. The molecule has 0 spiro atoms. The largest absolute Gasteiger partial charge is 0.352 e. The lowest BCUT2D eigenvalue weighted by atomic mass is 10.2. The SMILES string of the molecule is CCc1nc(CN2CCN(C(C)C(=O)NC3CC3)CC2)cs1. The van der Waals surface area contributed by atoms with Crippen LogP contribution in [0.4, 0.5) is 0 Å². The average molecular weight is 322 g/mol. The van der Waals surface area contributed by atoms with Gasteiger partial charge in [0, 0.05) is 44.1 Å². The van der Waals surface area contributed by atoms with Crippen LogP contribution in [0.1, 0.15) is 37.4 Å². The van der Waals surface area contributed by atoms with E-state index in [1.165, 1.54) is 10.7 Å². The van der Waals surface area contributed by atoms with Crippen molar-refractivity contribution >= 4 is 17.2 Å². The van der Waals surface area contributed by atoms with E-state index in [1.807, 2.05) is 6.92 Å². The molecule has 1 saturated heterocycles. The van der Waals surface area contributed by atoms with Crippen LogP contribution in [0.2, 0.25) is 0 Å². The summed E-state index contributed by atoms with van der Waals surface area (Å²) < 4.78 is 0. The standard InChI is InChI=1S/C16H26N4OS/c1-3-15-17-14(11-22-15)10-19-6-8-20(9-7-19)12(2)16(21)18-13-4-5-13/h11-13H,3-10H2,1-2H3,(H,18,21). The van der Waals surface area contributed by atoms with Gasteiger partial charge in [-0.2, -0.15) is 0 Å². The summed E-state index contributed by atoms with van der Waals surface area (Å²) in [5.41, 5.74) is 1.19. The topological polar surface area (TPSA) is 48.5 Å². The van der Waals surface area contributed by atoms with Crippen LogP contribution in [0.25, 0.3) is 0 Å². The third-order valence-electron chi connectivity index (χ3n) is 4.55. The predicted octanol–water partition coefficient (Wildman–Crippen LogP) is 1.49. The number of hydrogen-bond donors (Lipinski definition) is 1. The summed E-state index contributed by atoms with van der Waals surface area (Å²) in [5.74, 6) is 0.197. The molecule has 1 aromatic rings. The second-order valence-electron chi connectivity index (χ2n) is 6.36. The van der Waals surface area contributed by atoms with Gasteiger partial charge < -0.3 is 5.32 Å². The highest BCUT2D eigenvalue weighted by Gasteiger charge is 2.30. The first-order valence-electron chi connectivity index (χ1n) is 8.35. The summed E-state index contributed by atoms with van der Waals surface area (Å²) >= 11 is 1.76. The van der Waals surface area contributed by atoms with Crippen molar-refractivity contribution in [2.24, 2.45) is 0 Å². The Bertz CT molecular complexity index is 506. The molecule has 22 heavy (non-hydrogen) atoms. The molecule has 2 aliphatic rings. The van der Waals surface area contributed by atoms with Crippen LogP contribution in [0, 0.1) is 0 Å². The van der Waals surface area contributed by atoms with Crippen LogP contribution in [-0.4, -0.2) is 59.0 Å². The third-order valence-corrected chi connectivity index (χ3v) is 5.59. The maximum atomic E-state index is 12.1. The van der Waals surface area contributed by atoms with Gasteiger partial charge in [-0.15, -0.1) is 11.3 Å². The van der Waals surface area contributed by atoms with Crippen LogP contribution in [0.5, 0.6) is 0 Å².